The molecule has 0 atom stereocenters. The summed E-state index contributed by atoms with van der Waals surface area (Å²) in [6, 6.07) is 0. The summed E-state index contributed by atoms with van der Waals surface area (Å²) < 4.78 is 0. The molecular weight excluding hydrogens is 206 g/mol. The molecule has 0 amide bonds. The molecule has 72 valence electrons. The molecule has 6 heteroatoms. The standard InChI is InChI=1S/C8H6ClN3O2/c1-3-4-5(8(13)14)6(9)12-7(4)11-2-10-3/h2H,1H3,(H,13,14)(H,10,11,12). The van der Waals surface area contributed by atoms with E-state index in [1.807, 2.05) is 0 Å². The van der Waals surface area contributed by atoms with Gasteiger partial charge in [-0.3, -0.25) is 0 Å². The molecule has 2 heterocycles. The molecule has 0 radical (unpaired) electrons. The van der Waals surface area contributed by atoms with E-state index in [0.717, 1.165) is 0 Å². The summed E-state index contributed by atoms with van der Waals surface area (Å²) in [5.41, 5.74) is 1.07. The maximum atomic E-state index is 10.9. The van der Waals surface area contributed by atoms with Crippen LogP contribution in [0.25, 0.3) is 11.0 Å². The number of nitrogens with zero attached hydrogens (tertiary/aromatic N) is 2. The van der Waals surface area contributed by atoms with Crippen LogP contribution in [-0.2, 0) is 0 Å². The summed E-state index contributed by atoms with van der Waals surface area (Å²) in [7, 11) is 0. The first-order valence-electron chi connectivity index (χ1n) is 3.83. The van der Waals surface area contributed by atoms with Gasteiger partial charge in [-0.15, -0.1) is 0 Å². The van der Waals surface area contributed by atoms with Gasteiger partial charge in [0.05, 0.1) is 11.1 Å². The topological polar surface area (TPSA) is 78.9 Å². The fourth-order valence-corrected chi connectivity index (χ4v) is 1.61. The van der Waals surface area contributed by atoms with E-state index in [-0.39, 0.29) is 10.7 Å². The van der Waals surface area contributed by atoms with Crippen LogP contribution < -0.4 is 0 Å². The lowest BCUT2D eigenvalue weighted by Crippen LogP contribution is -1.97. The van der Waals surface area contributed by atoms with Crippen molar-refractivity contribution < 1.29 is 9.90 Å². The third kappa shape index (κ3) is 1.13. The zero-order valence-corrected chi connectivity index (χ0v) is 7.96. The largest absolute Gasteiger partial charge is 0.478 e. The number of aryl methyl sites for hydroxylation is 1. The Morgan fingerprint density at radius 2 is 2.29 bits per heavy atom. The van der Waals surface area contributed by atoms with E-state index < -0.39 is 5.97 Å². The van der Waals surface area contributed by atoms with Crippen molar-refractivity contribution in [2.75, 3.05) is 0 Å². The monoisotopic (exact) mass is 211 g/mol. The van der Waals surface area contributed by atoms with Crippen LogP contribution in [0, 0.1) is 6.92 Å². The van der Waals surface area contributed by atoms with E-state index in [9.17, 15) is 4.79 Å². The van der Waals surface area contributed by atoms with Crippen molar-refractivity contribution in [3.63, 3.8) is 0 Å². The molecule has 0 bridgehead atoms. The zero-order valence-electron chi connectivity index (χ0n) is 7.21. The summed E-state index contributed by atoms with van der Waals surface area (Å²) in [6.07, 6.45) is 1.36. The molecule has 0 aliphatic carbocycles. The summed E-state index contributed by atoms with van der Waals surface area (Å²) in [4.78, 5) is 21.4. The SMILES string of the molecule is Cc1ncnc2[nH]c(Cl)c(C(=O)O)c12. The zero-order chi connectivity index (χ0) is 10.3. The number of rotatable bonds is 1. The van der Waals surface area contributed by atoms with Crippen molar-refractivity contribution >= 4 is 28.6 Å². The second kappa shape index (κ2) is 2.95. The fourth-order valence-electron chi connectivity index (χ4n) is 1.34. The molecule has 2 rings (SSSR count). The van der Waals surface area contributed by atoms with E-state index in [2.05, 4.69) is 15.0 Å². The van der Waals surface area contributed by atoms with Crippen molar-refractivity contribution in [2.24, 2.45) is 0 Å². The highest BCUT2D eigenvalue weighted by Gasteiger charge is 2.18. The van der Waals surface area contributed by atoms with Gasteiger partial charge in [0.2, 0.25) is 0 Å². The van der Waals surface area contributed by atoms with Crippen LogP contribution in [0.5, 0.6) is 0 Å². The highest BCUT2D eigenvalue weighted by atomic mass is 35.5. The smallest absolute Gasteiger partial charge is 0.339 e. The van der Waals surface area contributed by atoms with Crippen LogP contribution in [0.1, 0.15) is 16.1 Å². The van der Waals surface area contributed by atoms with Gasteiger partial charge in [-0.1, -0.05) is 11.6 Å². The molecule has 0 aliphatic rings. The Kier molecular flexibility index (Phi) is 1.89. The number of nitrogens with one attached hydrogen (secondary N) is 1. The lowest BCUT2D eigenvalue weighted by molar-refractivity contribution is 0.0699. The van der Waals surface area contributed by atoms with Crippen LogP contribution in [0.2, 0.25) is 5.15 Å². The Morgan fingerprint density at radius 3 is 2.93 bits per heavy atom. The van der Waals surface area contributed by atoms with Gasteiger partial charge in [0.15, 0.2) is 0 Å². The van der Waals surface area contributed by atoms with E-state index in [1.165, 1.54) is 6.33 Å². The minimum atomic E-state index is -1.08. The normalized spacial score (nSPS) is 10.7. The molecule has 14 heavy (non-hydrogen) atoms. The van der Waals surface area contributed by atoms with Crippen molar-refractivity contribution in [3.8, 4) is 0 Å². The number of H-pyrrole nitrogens is 1. The number of hydrogen-bond acceptors (Lipinski definition) is 3. The minimum absolute atomic E-state index is 0.0276. The van der Waals surface area contributed by atoms with Gasteiger partial charge >= 0.3 is 5.97 Å². The molecular formula is C8H6ClN3O2. The highest BCUT2D eigenvalue weighted by molar-refractivity contribution is 6.34. The Hall–Kier alpha value is -1.62. The van der Waals surface area contributed by atoms with E-state index in [0.29, 0.717) is 16.7 Å². The molecule has 0 fully saturated rings. The van der Waals surface area contributed by atoms with E-state index >= 15 is 0 Å². The van der Waals surface area contributed by atoms with Crippen LogP contribution in [-0.4, -0.2) is 26.0 Å². The summed E-state index contributed by atoms with van der Waals surface area (Å²) in [6.45, 7) is 1.71. The Bertz CT molecular complexity index is 521. The maximum absolute atomic E-state index is 10.9. The van der Waals surface area contributed by atoms with Crippen LogP contribution in [0.4, 0.5) is 0 Å². The van der Waals surface area contributed by atoms with Crippen molar-refractivity contribution in [1.82, 2.24) is 15.0 Å². The van der Waals surface area contributed by atoms with Gasteiger partial charge in [-0.25, -0.2) is 14.8 Å². The average molecular weight is 212 g/mol. The summed E-state index contributed by atoms with van der Waals surface area (Å²) >= 11 is 5.73. The van der Waals surface area contributed by atoms with E-state index in [4.69, 9.17) is 16.7 Å². The minimum Gasteiger partial charge on any atom is -0.478 e. The number of aromatic nitrogens is 3. The van der Waals surface area contributed by atoms with Gasteiger partial charge in [0.1, 0.15) is 22.7 Å². The number of aromatic amines is 1. The van der Waals surface area contributed by atoms with Gasteiger partial charge in [0, 0.05) is 0 Å². The highest BCUT2D eigenvalue weighted by Crippen LogP contribution is 2.26. The maximum Gasteiger partial charge on any atom is 0.339 e. The molecule has 0 spiro atoms. The molecule has 0 aliphatic heterocycles. The first-order chi connectivity index (χ1) is 6.61. The number of halogens is 1. The Labute approximate surface area is 83.8 Å². The molecule has 2 aromatic rings. The summed E-state index contributed by atoms with van der Waals surface area (Å²) in [5, 5.41) is 9.46. The van der Waals surface area contributed by atoms with Gasteiger partial charge in [-0.2, -0.15) is 0 Å². The van der Waals surface area contributed by atoms with Gasteiger partial charge in [-0.05, 0) is 6.92 Å². The van der Waals surface area contributed by atoms with Gasteiger partial charge in [0.25, 0.3) is 0 Å². The van der Waals surface area contributed by atoms with Crippen molar-refractivity contribution in [3.05, 3.63) is 22.7 Å². The van der Waals surface area contributed by atoms with E-state index in [1.54, 1.807) is 6.92 Å². The molecule has 0 aromatic carbocycles. The van der Waals surface area contributed by atoms with Crippen LogP contribution in [0.3, 0.4) is 0 Å². The predicted octanol–water partition coefficient (Wildman–Crippen LogP) is 1.62. The molecule has 0 unspecified atom stereocenters. The van der Waals surface area contributed by atoms with Crippen molar-refractivity contribution in [1.29, 1.82) is 0 Å². The Balaban J connectivity index is 2.93. The predicted molar refractivity (Wildman–Crippen MR) is 50.6 cm³/mol. The quantitative estimate of drug-likeness (QED) is 0.751. The van der Waals surface area contributed by atoms with Crippen LogP contribution >= 0.6 is 11.6 Å². The van der Waals surface area contributed by atoms with Gasteiger partial charge < -0.3 is 10.1 Å². The third-order valence-electron chi connectivity index (χ3n) is 1.95. The van der Waals surface area contributed by atoms with Crippen LogP contribution in [0.15, 0.2) is 6.33 Å². The number of fused-ring (bicyclic) bond motifs is 1. The summed E-state index contributed by atoms with van der Waals surface area (Å²) in [5.74, 6) is -1.08. The fraction of sp³-hybridized carbons (Fsp3) is 0.125. The first kappa shape index (κ1) is 8.96. The number of hydrogen-bond donors (Lipinski definition) is 2. The lowest BCUT2D eigenvalue weighted by atomic mass is 10.2. The van der Waals surface area contributed by atoms with Crippen molar-refractivity contribution in [2.45, 2.75) is 6.92 Å². The second-order valence-corrected chi connectivity index (χ2v) is 3.18. The number of aromatic carboxylic acids is 1. The number of carbonyl (C=O) groups is 1. The lowest BCUT2D eigenvalue weighted by Gasteiger charge is -1.95. The average Bonchev–Trinajstić information content (AvgIpc) is 2.42. The Morgan fingerprint density at radius 1 is 1.57 bits per heavy atom. The number of carboxylic acid groups (broad SMARTS) is 1. The second-order valence-electron chi connectivity index (χ2n) is 2.80. The molecule has 2 N–H and O–H groups in total. The third-order valence-corrected chi connectivity index (χ3v) is 2.23. The molecule has 0 saturated carbocycles. The molecule has 2 aromatic heterocycles. The number of carboxylic acids is 1. The first-order valence-corrected chi connectivity index (χ1v) is 4.21. The molecule has 0 saturated heterocycles. The molecule has 5 nitrogen and oxygen atoms in total.